The molecule has 0 aromatic heterocycles. The topological polar surface area (TPSA) is 57.9 Å². The van der Waals surface area contributed by atoms with Gasteiger partial charge in [-0.3, -0.25) is 0 Å². The molecule has 0 fully saturated rings. The Morgan fingerprint density at radius 2 is 2.00 bits per heavy atom. The van der Waals surface area contributed by atoms with E-state index in [9.17, 15) is 8.42 Å². The molecule has 0 saturated carbocycles. The van der Waals surface area contributed by atoms with Gasteiger partial charge in [0, 0.05) is 21.8 Å². The lowest BCUT2D eigenvalue weighted by molar-refractivity contribution is 0.603. The summed E-state index contributed by atoms with van der Waals surface area (Å²) in [6.07, 6.45) is 3.14. The Balaban J connectivity index is 2.82. The fourth-order valence-corrected chi connectivity index (χ4v) is 4.09. The fourth-order valence-electron chi connectivity index (χ4n) is 1.21. The summed E-state index contributed by atoms with van der Waals surface area (Å²) in [6.45, 7) is 0. The van der Waals surface area contributed by atoms with Crippen LogP contribution in [0.2, 0.25) is 0 Å². The van der Waals surface area contributed by atoms with Crippen molar-refractivity contribution in [2.24, 2.45) is 0 Å². The third kappa shape index (κ3) is 4.62. The summed E-state index contributed by atoms with van der Waals surface area (Å²) < 4.78 is 22.0. The molecule has 0 spiro atoms. The average Bonchev–Trinajstić information content (AvgIpc) is 2.27. The minimum absolute atomic E-state index is 0.131. The molecule has 0 N–H and O–H groups in total. The van der Waals surface area contributed by atoms with E-state index in [-0.39, 0.29) is 5.75 Å². The minimum atomic E-state index is -2.94. The summed E-state index contributed by atoms with van der Waals surface area (Å²) in [4.78, 5) is 1.78. The lowest BCUT2D eigenvalue weighted by Crippen LogP contribution is -2.05. The molecule has 1 aromatic carbocycles. The maximum absolute atomic E-state index is 11.0. The predicted octanol–water partition coefficient (Wildman–Crippen LogP) is 2.42. The molecular weight excluding hydrogens is 274 g/mol. The Morgan fingerprint density at radius 1 is 1.35 bits per heavy atom. The Labute approximate surface area is 111 Å². The van der Waals surface area contributed by atoms with Gasteiger partial charge in [0.2, 0.25) is 0 Å². The van der Waals surface area contributed by atoms with Crippen LogP contribution in [0.15, 0.2) is 28.0 Å². The van der Waals surface area contributed by atoms with Crippen LogP contribution in [0, 0.1) is 11.3 Å². The van der Waals surface area contributed by atoms with Crippen molar-refractivity contribution in [3.05, 3.63) is 23.8 Å². The standard InChI is InChI=1S/C11H13NO2S3/c1-15-10-4-3-5-11(9(10)8-12)16-6-7-17(2,13)14/h3-5H,6-7H2,1-2H3. The second-order valence-electron chi connectivity index (χ2n) is 3.42. The van der Waals surface area contributed by atoms with Crippen molar-refractivity contribution in [3.8, 4) is 6.07 Å². The summed E-state index contributed by atoms with van der Waals surface area (Å²) >= 11 is 2.93. The zero-order chi connectivity index (χ0) is 12.9. The molecule has 0 aliphatic rings. The SMILES string of the molecule is CSc1cccc(SCCS(C)(=O)=O)c1C#N. The number of hydrogen-bond donors (Lipinski definition) is 0. The van der Waals surface area contributed by atoms with E-state index >= 15 is 0 Å². The predicted molar refractivity (Wildman–Crippen MR) is 73.4 cm³/mol. The summed E-state index contributed by atoms with van der Waals surface area (Å²) in [7, 11) is -2.94. The summed E-state index contributed by atoms with van der Waals surface area (Å²) in [5.41, 5.74) is 0.638. The van der Waals surface area contributed by atoms with Crippen molar-refractivity contribution in [2.75, 3.05) is 24.0 Å². The van der Waals surface area contributed by atoms with Crippen molar-refractivity contribution >= 4 is 33.4 Å². The molecule has 0 bridgehead atoms. The monoisotopic (exact) mass is 287 g/mol. The highest BCUT2D eigenvalue weighted by atomic mass is 32.2. The van der Waals surface area contributed by atoms with Gasteiger partial charge >= 0.3 is 0 Å². The molecule has 0 aliphatic heterocycles. The van der Waals surface area contributed by atoms with Gasteiger partial charge in [-0.05, 0) is 18.4 Å². The van der Waals surface area contributed by atoms with Gasteiger partial charge in [0.1, 0.15) is 15.9 Å². The number of rotatable bonds is 5. The van der Waals surface area contributed by atoms with E-state index in [4.69, 9.17) is 5.26 Å². The smallest absolute Gasteiger partial charge is 0.148 e. The van der Waals surface area contributed by atoms with E-state index in [2.05, 4.69) is 6.07 Å². The highest BCUT2D eigenvalue weighted by Crippen LogP contribution is 2.29. The van der Waals surface area contributed by atoms with Crippen molar-refractivity contribution in [1.82, 2.24) is 0 Å². The normalized spacial score (nSPS) is 11.1. The van der Waals surface area contributed by atoms with Gasteiger partial charge in [0.25, 0.3) is 0 Å². The number of thioether (sulfide) groups is 2. The third-order valence-corrected chi connectivity index (χ3v) is 5.08. The second-order valence-corrected chi connectivity index (χ2v) is 7.67. The van der Waals surface area contributed by atoms with Gasteiger partial charge in [-0.15, -0.1) is 23.5 Å². The molecule has 0 heterocycles. The molecule has 0 radical (unpaired) electrons. The number of nitriles is 1. The average molecular weight is 287 g/mol. The molecule has 1 aromatic rings. The molecule has 0 saturated heterocycles. The van der Waals surface area contributed by atoms with Crippen molar-refractivity contribution in [2.45, 2.75) is 9.79 Å². The second kappa shape index (κ2) is 6.34. The van der Waals surface area contributed by atoms with Crippen LogP contribution in [0.3, 0.4) is 0 Å². The zero-order valence-corrected chi connectivity index (χ0v) is 12.1. The van der Waals surface area contributed by atoms with Gasteiger partial charge in [-0.1, -0.05) is 6.07 Å². The van der Waals surface area contributed by atoms with E-state index < -0.39 is 9.84 Å². The molecule has 17 heavy (non-hydrogen) atoms. The van der Waals surface area contributed by atoms with Gasteiger partial charge in [-0.2, -0.15) is 5.26 Å². The van der Waals surface area contributed by atoms with Gasteiger partial charge < -0.3 is 0 Å². The quantitative estimate of drug-likeness (QED) is 0.778. The fraction of sp³-hybridized carbons (Fsp3) is 0.364. The van der Waals surface area contributed by atoms with E-state index in [0.29, 0.717) is 11.3 Å². The van der Waals surface area contributed by atoms with Crippen molar-refractivity contribution in [3.63, 3.8) is 0 Å². The summed E-state index contributed by atoms with van der Waals surface area (Å²) in [6, 6.07) is 7.80. The highest BCUT2D eigenvalue weighted by molar-refractivity contribution is 8.01. The molecule has 6 heteroatoms. The first-order valence-corrected chi connectivity index (χ1v) is 9.12. The first kappa shape index (κ1) is 14.4. The summed E-state index contributed by atoms with van der Waals surface area (Å²) in [5, 5.41) is 9.09. The molecule has 0 aliphatic carbocycles. The molecule has 3 nitrogen and oxygen atoms in total. The van der Waals surface area contributed by atoms with Gasteiger partial charge in [0.05, 0.1) is 11.3 Å². The Morgan fingerprint density at radius 3 is 2.53 bits per heavy atom. The van der Waals surface area contributed by atoms with Crippen LogP contribution in [-0.4, -0.2) is 32.4 Å². The first-order chi connectivity index (χ1) is 7.98. The van der Waals surface area contributed by atoms with E-state index in [1.54, 1.807) is 0 Å². The molecular formula is C11H13NO2S3. The van der Waals surface area contributed by atoms with E-state index in [0.717, 1.165) is 9.79 Å². The van der Waals surface area contributed by atoms with E-state index in [1.807, 2.05) is 24.5 Å². The number of hydrogen-bond acceptors (Lipinski definition) is 5. The third-order valence-electron chi connectivity index (χ3n) is 2.03. The van der Waals surface area contributed by atoms with Crippen LogP contribution in [0.25, 0.3) is 0 Å². The Hall–Kier alpha value is -0.640. The van der Waals surface area contributed by atoms with Crippen LogP contribution in [0.5, 0.6) is 0 Å². The Bertz CT molecular complexity index is 532. The molecule has 0 atom stereocenters. The zero-order valence-electron chi connectivity index (χ0n) is 9.63. The number of nitrogens with zero attached hydrogens (tertiary/aromatic N) is 1. The van der Waals surface area contributed by atoms with E-state index in [1.165, 1.54) is 29.8 Å². The maximum atomic E-state index is 11.0. The van der Waals surface area contributed by atoms with Gasteiger partial charge in [0.15, 0.2) is 0 Å². The van der Waals surface area contributed by atoms with Crippen LogP contribution in [0.1, 0.15) is 5.56 Å². The van der Waals surface area contributed by atoms with Crippen LogP contribution < -0.4 is 0 Å². The number of benzene rings is 1. The molecule has 0 amide bonds. The minimum Gasteiger partial charge on any atom is -0.229 e. The van der Waals surface area contributed by atoms with Crippen LogP contribution in [-0.2, 0) is 9.84 Å². The first-order valence-electron chi connectivity index (χ1n) is 4.85. The van der Waals surface area contributed by atoms with Crippen molar-refractivity contribution < 1.29 is 8.42 Å². The number of sulfone groups is 1. The molecule has 1 rings (SSSR count). The lowest BCUT2D eigenvalue weighted by atomic mass is 10.2. The lowest BCUT2D eigenvalue weighted by Gasteiger charge is -2.06. The van der Waals surface area contributed by atoms with Crippen molar-refractivity contribution in [1.29, 1.82) is 5.26 Å². The van der Waals surface area contributed by atoms with Crippen LogP contribution >= 0.6 is 23.5 Å². The highest BCUT2D eigenvalue weighted by Gasteiger charge is 2.09. The van der Waals surface area contributed by atoms with Crippen LogP contribution in [0.4, 0.5) is 0 Å². The molecule has 92 valence electrons. The Kier molecular flexibility index (Phi) is 5.37. The van der Waals surface area contributed by atoms with Gasteiger partial charge in [-0.25, -0.2) is 8.42 Å². The largest absolute Gasteiger partial charge is 0.229 e. The molecule has 0 unspecified atom stereocenters. The summed E-state index contributed by atoms with van der Waals surface area (Å²) in [5.74, 6) is 0.609. The maximum Gasteiger partial charge on any atom is 0.148 e.